The van der Waals surface area contributed by atoms with Crippen LogP contribution in [0.25, 0.3) is 0 Å². The van der Waals surface area contributed by atoms with Crippen LogP contribution in [0, 0.1) is 34.7 Å². The van der Waals surface area contributed by atoms with E-state index in [0.717, 1.165) is 18.3 Å². The van der Waals surface area contributed by atoms with Gasteiger partial charge in [0.1, 0.15) is 0 Å². The van der Waals surface area contributed by atoms with E-state index in [2.05, 4.69) is 6.92 Å². The minimum absolute atomic E-state index is 0.324. The third-order valence-electron chi connectivity index (χ3n) is 7.49. The van der Waals surface area contributed by atoms with Gasteiger partial charge >= 0.3 is 0 Å². The maximum Gasteiger partial charge on any atom is 0.194 e. The Bertz CT molecular complexity index is 573. The third kappa shape index (κ3) is 5.09. The van der Waals surface area contributed by atoms with Crippen molar-refractivity contribution in [2.75, 3.05) is 0 Å². The molecular formula is C24H35F3. The highest BCUT2D eigenvalue weighted by Gasteiger charge is 2.41. The first kappa shape index (κ1) is 20.7. The largest absolute Gasteiger partial charge is 0.204 e. The maximum absolute atomic E-state index is 13.6. The van der Waals surface area contributed by atoms with Gasteiger partial charge in [-0.1, -0.05) is 45.4 Å². The summed E-state index contributed by atoms with van der Waals surface area (Å²) in [7, 11) is 0. The van der Waals surface area contributed by atoms with Gasteiger partial charge in [-0.25, -0.2) is 13.2 Å². The van der Waals surface area contributed by atoms with Crippen LogP contribution in [0.15, 0.2) is 12.1 Å². The smallest absolute Gasteiger partial charge is 0.194 e. The number of benzene rings is 1. The van der Waals surface area contributed by atoms with E-state index in [9.17, 15) is 13.2 Å². The third-order valence-corrected chi connectivity index (χ3v) is 7.49. The molecule has 0 radical (unpaired) electrons. The lowest BCUT2D eigenvalue weighted by atomic mass is 9.58. The van der Waals surface area contributed by atoms with E-state index in [1.165, 1.54) is 89.2 Å². The van der Waals surface area contributed by atoms with Gasteiger partial charge in [0.2, 0.25) is 0 Å². The molecule has 0 heterocycles. The Balaban J connectivity index is 1.69. The van der Waals surface area contributed by atoms with E-state index in [1.807, 2.05) is 0 Å². The number of rotatable bonds is 7. The van der Waals surface area contributed by atoms with Crippen LogP contribution in [0.2, 0.25) is 0 Å². The molecule has 27 heavy (non-hydrogen) atoms. The van der Waals surface area contributed by atoms with Crippen LogP contribution in [0.3, 0.4) is 0 Å². The monoisotopic (exact) mass is 380 g/mol. The molecule has 0 amide bonds. The van der Waals surface area contributed by atoms with Gasteiger partial charge in [-0.2, -0.15) is 0 Å². The molecular weight excluding hydrogens is 345 g/mol. The van der Waals surface area contributed by atoms with Crippen LogP contribution in [0.5, 0.6) is 0 Å². The van der Waals surface area contributed by atoms with E-state index in [-0.39, 0.29) is 0 Å². The minimum atomic E-state index is -1.35. The fourth-order valence-electron chi connectivity index (χ4n) is 5.76. The zero-order valence-electron chi connectivity index (χ0n) is 16.8. The normalized spacial score (nSPS) is 27.0. The minimum Gasteiger partial charge on any atom is -0.204 e. The lowest BCUT2D eigenvalue weighted by molar-refractivity contribution is 0.0379. The number of hydrogen-bond donors (Lipinski definition) is 0. The molecule has 2 aliphatic rings. The summed E-state index contributed by atoms with van der Waals surface area (Å²) >= 11 is 0. The van der Waals surface area contributed by atoms with Crippen LogP contribution < -0.4 is 0 Å². The molecule has 3 rings (SSSR count). The lowest BCUT2D eigenvalue weighted by Gasteiger charge is -2.48. The molecule has 0 bridgehead atoms. The molecule has 2 saturated carbocycles. The Labute approximate surface area is 162 Å². The Morgan fingerprint density at radius 1 is 0.926 bits per heavy atom. The molecule has 0 unspecified atom stereocenters. The second-order valence-corrected chi connectivity index (χ2v) is 9.16. The first-order valence-electron chi connectivity index (χ1n) is 11.2. The first-order chi connectivity index (χ1) is 13.0. The summed E-state index contributed by atoms with van der Waals surface area (Å²) < 4.78 is 40.5. The van der Waals surface area contributed by atoms with Crippen molar-refractivity contribution in [2.45, 2.75) is 96.8 Å². The zero-order chi connectivity index (χ0) is 19.3. The fourth-order valence-corrected chi connectivity index (χ4v) is 5.76. The molecule has 0 nitrogen and oxygen atoms in total. The predicted molar refractivity (Wildman–Crippen MR) is 105 cm³/mol. The van der Waals surface area contributed by atoms with Gasteiger partial charge in [0.05, 0.1) is 0 Å². The topological polar surface area (TPSA) is 0 Å². The van der Waals surface area contributed by atoms with Crippen molar-refractivity contribution in [1.82, 2.24) is 0 Å². The molecule has 2 aliphatic carbocycles. The molecule has 0 N–H and O–H groups in total. The maximum atomic E-state index is 13.6. The van der Waals surface area contributed by atoms with Crippen molar-refractivity contribution in [3.05, 3.63) is 35.1 Å². The SMILES string of the molecule is CCCC[C@H]1CC[C@](CCc2cc(F)c(F)c(F)c2)(C2CCCCC2)CC1. The van der Waals surface area contributed by atoms with Crippen molar-refractivity contribution >= 4 is 0 Å². The molecule has 2 fully saturated rings. The van der Waals surface area contributed by atoms with E-state index >= 15 is 0 Å². The van der Waals surface area contributed by atoms with E-state index in [4.69, 9.17) is 0 Å². The summed E-state index contributed by atoms with van der Waals surface area (Å²) in [6, 6.07) is 2.39. The van der Waals surface area contributed by atoms with Gasteiger partial charge in [0.15, 0.2) is 17.5 Å². The van der Waals surface area contributed by atoms with E-state index in [0.29, 0.717) is 17.4 Å². The summed E-state index contributed by atoms with van der Waals surface area (Å²) in [6.45, 7) is 2.26. The van der Waals surface area contributed by atoms with E-state index < -0.39 is 17.5 Å². The highest BCUT2D eigenvalue weighted by atomic mass is 19.2. The summed E-state index contributed by atoms with van der Waals surface area (Å²) in [6.07, 6.45) is 17.4. The van der Waals surface area contributed by atoms with Crippen molar-refractivity contribution in [3.8, 4) is 0 Å². The van der Waals surface area contributed by atoms with Crippen molar-refractivity contribution < 1.29 is 13.2 Å². The summed E-state index contributed by atoms with van der Waals surface area (Å²) in [5.74, 6) is -1.84. The highest BCUT2D eigenvalue weighted by molar-refractivity contribution is 5.20. The molecule has 1 aromatic rings. The highest BCUT2D eigenvalue weighted by Crippen LogP contribution is 2.52. The van der Waals surface area contributed by atoms with Crippen LogP contribution in [-0.2, 0) is 6.42 Å². The number of aryl methyl sites for hydroxylation is 1. The average molecular weight is 381 g/mol. The summed E-state index contributed by atoms with van der Waals surface area (Å²) in [5.41, 5.74) is 0.930. The molecule has 0 spiro atoms. The Morgan fingerprint density at radius 3 is 2.15 bits per heavy atom. The summed E-state index contributed by atoms with van der Waals surface area (Å²) in [5, 5.41) is 0. The van der Waals surface area contributed by atoms with Crippen molar-refractivity contribution in [1.29, 1.82) is 0 Å². The van der Waals surface area contributed by atoms with Crippen LogP contribution in [-0.4, -0.2) is 0 Å². The van der Waals surface area contributed by atoms with Crippen molar-refractivity contribution in [3.63, 3.8) is 0 Å². The Morgan fingerprint density at radius 2 is 1.56 bits per heavy atom. The van der Waals surface area contributed by atoms with Crippen molar-refractivity contribution in [2.24, 2.45) is 17.3 Å². The molecule has 0 atom stereocenters. The number of halogens is 3. The lowest BCUT2D eigenvalue weighted by Crippen LogP contribution is -2.37. The predicted octanol–water partition coefficient (Wildman–Crippen LogP) is 7.98. The van der Waals surface area contributed by atoms with Gasteiger partial charge in [-0.15, -0.1) is 0 Å². The zero-order valence-corrected chi connectivity index (χ0v) is 16.8. The molecule has 0 aliphatic heterocycles. The number of unbranched alkanes of at least 4 members (excludes halogenated alkanes) is 1. The average Bonchev–Trinajstić information content (AvgIpc) is 2.70. The molecule has 152 valence electrons. The van der Waals surface area contributed by atoms with Gasteiger partial charge in [-0.3, -0.25) is 0 Å². The second-order valence-electron chi connectivity index (χ2n) is 9.16. The molecule has 0 aromatic heterocycles. The quantitative estimate of drug-likeness (QED) is 0.421. The van der Waals surface area contributed by atoms with Crippen LogP contribution in [0.4, 0.5) is 13.2 Å². The second kappa shape index (κ2) is 9.47. The Hall–Kier alpha value is -0.990. The molecule has 3 heteroatoms. The standard InChI is InChI=1S/C24H35F3/c1-2-3-7-18-10-13-24(14-11-18,20-8-5-4-6-9-20)15-12-19-16-21(25)23(27)22(26)17-19/h16-18,20H,2-15H2,1H3/t18-,24-. The van der Waals surface area contributed by atoms with Crippen LogP contribution >= 0.6 is 0 Å². The van der Waals surface area contributed by atoms with Gasteiger partial charge < -0.3 is 0 Å². The van der Waals surface area contributed by atoms with Gasteiger partial charge in [0.25, 0.3) is 0 Å². The molecule has 0 saturated heterocycles. The van der Waals surface area contributed by atoms with Gasteiger partial charge in [0, 0.05) is 0 Å². The van der Waals surface area contributed by atoms with Crippen LogP contribution in [0.1, 0.15) is 96.0 Å². The van der Waals surface area contributed by atoms with E-state index in [1.54, 1.807) is 0 Å². The Kier molecular flexibility index (Phi) is 7.28. The number of hydrogen-bond acceptors (Lipinski definition) is 0. The van der Waals surface area contributed by atoms with Gasteiger partial charge in [-0.05, 0) is 86.3 Å². The fraction of sp³-hybridized carbons (Fsp3) is 0.750. The summed E-state index contributed by atoms with van der Waals surface area (Å²) in [4.78, 5) is 0. The molecule has 1 aromatic carbocycles. The first-order valence-corrected chi connectivity index (χ1v) is 11.2.